The number of esters is 1. The molecule has 1 aliphatic heterocycles. The van der Waals surface area contributed by atoms with Crippen molar-refractivity contribution in [2.75, 3.05) is 5.32 Å². The minimum absolute atomic E-state index is 0.0143. The molecule has 5 nitrogen and oxygen atoms in total. The molecule has 1 aliphatic rings. The smallest absolute Gasteiger partial charge is 0.307 e. The van der Waals surface area contributed by atoms with E-state index in [1.54, 1.807) is 24.3 Å². The van der Waals surface area contributed by atoms with Crippen molar-refractivity contribution < 1.29 is 14.3 Å². The molecule has 1 amide bonds. The molecule has 0 radical (unpaired) electrons. The highest BCUT2D eigenvalue weighted by Crippen LogP contribution is 2.36. The van der Waals surface area contributed by atoms with Gasteiger partial charge in [-0.2, -0.15) is 5.26 Å². The van der Waals surface area contributed by atoms with E-state index in [1.165, 1.54) is 11.8 Å². The summed E-state index contributed by atoms with van der Waals surface area (Å²) in [7, 11) is 0. The molecule has 0 saturated carbocycles. The van der Waals surface area contributed by atoms with Crippen LogP contribution in [0.15, 0.2) is 53.4 Å². The fourth-order valence-corrected chi connectivity index (χ4v) is 3.45. The Hall–Kier alpha value is -2.78. The van der Waals surface area contributed by atoms with Crippen molar-refractivity contribution in [3.8, 4) is 6.07 Å². The zero-order chi connectivity index (χ0) is 16.9. The summed E-state index contributed by atoms with van der Waals surface area (Å²) in [6.45, 7) is 0.0260. The average molecular weight is 338 g/mol. The Morgan fingerprint density at radius 2 is 1.96 bits per heavy atom. The first kappa shape index (κ1) is 16.1. The molecule has 0 aliphatic carbocycles. The van der Waals surface area contributed by atoms with Gasteiger partial charge in [-0.25, -0.2) is 0 Å². The van der Waals surface area contributed by atoms with Gasteiger partial charge in [-0.1, -0.05) is 30.3 Å². The van der Waals surface area contributed by atoms with Gasteiger partial charge in [-0.05, 0) is 18.2 Å². The van der Waals surface area contributed by atoms with Gasteiger partial charge < -0.3 is 10.1 Å². The van der Waals surface area contributed by atoms with Crippen LogP contribution in [0.4, 0.5) is 5.69 Å². The van der Waals surface area contributed by atoms with Crippen molar-refractivity contribution in [1.29, 1.82) is 5.26 Å². The molecule has 1 atom stereocenters. The summed E-state index contributed by atoms with van der Waals surface area (Å²) in [5, 5.41) is 11.3. The van der Waals surface area contributed by atoms with Gasteiger partial charge in [0.1, 0.15) is 6.61 Å². The third-order valence-corrected chi connectivity index (χ3v) is 4.86. The quantitative estimate of drug-likeness (QED) is 0.867. The third kappa shape index (κ3) is 3.58. The van der Waals surface area contributed by atoms with E-state index in [4.69, 9.17) is 10.00 Å². The maximum atomic E-state index is 12.1. The van der Waals surface area contributed by atoms with Crippen molar-refractivity contribution in [3.63, 3.8) is 0 Å². The van der Waals surface area contributed by atoms with Gasteiger partial charge in [0.05, 0.1) is 29.0 Å². The van der Waals surface area contributed by atoms with Gasteiger partial charge in [0.15, 0.2) is 0 Å². The predicted octanol–water partition coefficient (Wildman–Crippen LogP) is 3.10. The number of nitrogens with zero attached hydrogens (tertiary/aromatic N) is 1. The Kier molecular flexibility index (Phi) is 4.82. The number of para-hydroxylation sites is 1. The minimum Gasteiger partial charge on any atom is -0.461 e. The van der Waals surface area contributed by atoms with Gasteiger partial charge in [0.25, 0.3) is 0 Å². The molecule has 0 spiro atoms. The van der Waals surface area contributed by atoms with Crippen LogP contribution < -0.4 is 5.32 Å². The minimum atomic E-state index is -0.515. The van der Waals surface area contributed by atoms with Crippen LogP contribution in [0, 0.1) is 11.3 Å². The molecule has 1 heterocycles. The van der Waals surface area contributed by atoms with Crippen LogP contribution in [0.5, 0.6) is 0 Å². The van der Waals surface area contributed by atoms with Gasteiger partial charge in [0.2, 0.25) is 5.91 Å². The number of nitrogens with one attached hydrogen (secondary N) is 1. The van der Waals surface area contributed by atoms with Crippen LogP contribution >= 0.6 is 11.8 Å². The Morgan fingerprint density at radius 3 is 2.79 bits per heavy atom. The zero-order valence-electron chi connectivity index (χ0n) is 12.7. The van der Waals surface area contributed by atoms with Crippen LogP contribution in [0.1, 0.15) is 17.5 Å². The van der Waals surface area contributed by atoms with Gasteiger partial charge >= 0.3 is 5.97 Å². The summed E-state index contributed by atoms with van der Waals surface area (Å²) in [5.74, 6) is -0.664. The number of amides is 1. The Balaban J connectivity index is 1.60. The number of thioether (sulfide) groups is 1. The van der Waals surface area contributed by atoms with Crippen LogP contribution in [0.3, 0.4) is 0 Å². The topological polar surface area (TPSA) is 79.2 Å². The first-order valence-electron chi connectivity index (χ1n) is 7.37. The Labute approximate surface area is 143 Å². The van der Waals surface area contributed by atoms with E-state index in [2.05, 4.69) is 11.4 Å². The molecule has 3 rings (SSSR count). The molecular formula is C18H14N2O3S. The lowest BCUT2D eigenvalue weighted by molar-refractivity contribution is -0.145. The molecule has 1 N–H and O–H groups in total. The van der Waals surface area contributed by atoms with Crippen LogP contribution in [-0.4, -0.2) is 17.1 Å². The third-order valence-electron chi connectivity index (χ3n) is 3.59. The van der Waals surface area contributed by atoms with E-state index in [0.717, 1.165) is 10.6 Å². The summed E-state index contributed by atoms with van der Waals surface area (Å²) in [5.41, 5.74) is 1.89. The zero-order valence-corrected chi connectivity index (χ0v) is 13.5. The Morgan fingerprint density at radius 1 is 1.21 bits per heavy atom. The number of rotatable bonds is 4. The number of benzene rings is 2. The number of fused-ring (bicyclic) bond motifs is 1. The Bertz CT molecular complexity index is 829. The maximum absolute atomic E-state index is 12.1. The van der Waals surface area contributed by atoms with E-state index in [1.807, 2.05) is 24.3 Å². The maximum Gasteiger partial charge on any atom is 0.307 e. The highest BCUT2D eigenvalue weighted by atomic mass is 32.2. The largest absolute Gasteiger partial charge is 0.461 e. The average Bonchev–Trinajstić information content (AvgIpc) is 2.61. The SMILES string of the molecule is N#Cc1ccccc1COC(=O)CC1Sc2ccccc2NC1=O. The fraction of sp³-hybridized carbons (Fsp3) is 0.167. The number of hydrogen-bond acceptors (Lipinski definition) is 5. The molecule has 6 heteroatoms. The highest BCUT2D eigenvalue weighted by Gasteiger charge is 2.29. The molecule has 0 saturated heterocycles. The second-order valence-electron chi connectivity index (χ2n) is 5.23. The molecular weight excluding hydrogens is 324 g/mol. The monoisotopic (exact) mass is 338 g/mol. The highest BCUT2D eigenvalue weighted by molar-refractivity contribution is 8.01. The lowest BCUT2D eigenvalue weighted by Gasteiger charge is -2.23. The molecule has 2 aromatic rings. The van der Waals surface area contributed by atoms with Crippen molar-refractivity contribution in [2.45, 2.75) is 23.2 Å². The lowest BCUT2D eigenvalue weighted by atomic mass is 10.1. The number of carbonyl (C=O) groups excluding carboxylic acids is 2. The number of ether oxygens (including phenoxy) is 1. The predicted molar refractivity (Wildman–Crippen MR) is 90.3 cm³/mol. The summed E-state index contributed by atoms with van der Waals surface area (Å²) < 4.78 is 5.23. The summed E-state index contributed by atoms with van der Waals surface area (Å²) in [4.78, 5) is 25.1. The fourth-order valence-electron chi connectivity index (χ4n) is 2.35. The summed E-state index contributed by atoms with van der Waals surface area (Å²) >= 11 is 1.36. The van der Waals surface area contributed by atoms with Gasteiger partial charge in [-0.15, -0.1) is 11.8 Å². The second-order valence-corrected chi connectivity index (χ2v) is 6.47. The van der Waals surface area contributed by atoms with Gasteiger partial charge in [-0.3, -0.25) is 9.59 Å². The number of carbonyl (C=O) groups is 2. The number of hydrogen-bond donors (Lipinski definition) is 1. The van der Waals surface area contributed by atoms with Crippen molar-refractivity contribution in [1.82, 2.24) is 0 Å². The number of anilines is 1. The van der Waals surface area contributed by atoms with Crippen molar-refractivity contribution in [2.24, 2.45) is 0 Å². The summed E-state index contributed by atoms with van der Waals surface area (Å²) in [6.07, 6.45) is -0.0143. The van der Waals surface area contributed by atoms with Crippen LogP contribution in [0.25, 0.3) is 0 Å². The van der Waals surface area contributed by atoms with E-state index in [0.29, 0.717) is 11.1 Å². The standard InChI is InChI=1S/C18H14N2O3S/c19-10-12-5-1-2-6-13(12)11-23-17(21)9-16-18(22)20-14-7-3-4-8-15(14)24-16/h1-8,16H,9,11H2,(H,20,22). The second kappa shape index (κ2) is 7.20. The van der Waals surface area contributed by atoms with E-state index in [9.17, 15) is 9.59 Å². The van der Waals surface area contributed by atoms with E-state index in [-0.39, 0.29) is 18.9 Å². The first-order chi connectivity index (χ1) is 11.7. The van der Waals surface area contributed by atoms with E-state index >= 15 is 0 Å². The molecule has 2 aromatic carbocycles. The normalized spacial score (nSPS) is 15.8. The molecule has 1 unspecified atom stereocenters. The van der Waals surface area contributed by atoms with Crippen LogP contribution in [-0.2, 0) is 20.9 Å². The molecule has 120 valence electrons. The number of nitriles is 1. The first-order valence-corrected chi connectivity index (χ1v) is 8.25. The molecule has 0 bridgehead atoms. The van der Waals surface area contributed by atoms with E-state index < -0.39 is 11.2 Å². The molecule has 0 aromatic heterocycles. The van der Waals surface area contributed by atoms with Crippen LogP contribution in [0.2, 0.25) is 0 Å². The summed E-state index contributed by atoms with van der Waals surface area (Å²) in [6, 6.07) is 16.5. The lowest BCUT2D eigenvalue weighted by Crippen LogP contribution is -2.31. The van der Waals surface area contributed by atoms with Gasteiger partial charge in [0, 0.05) is 10.5 Å². The van der Waals surface area contributed by atoms with Crippen molar-refractivity contribution in [3.05, 3.63) is 59.7 Å². The van der Waals surface area contributed by atoms with Crippen molar-refractivity contribution >= 4 is 29.3 Å². The molecule has 24 heavy (non-hydrogen) atoms. The molecule has 0 fully saturated rings.